The molecule has 0 bridgehead atoms. The Labute approximate surface area is 379 Å². The number of aliphatic carboxylic acids is 2. The molecule has 0 radical (unpaired) electrons. The maximum Gasteiger partial charge on any atom is 0.320 e. The molecule has 348 valence electrons. The number of hydrogen-bond donors (Lipinski definition) is 6. The Morgan fingerprint density at radius 3 is 1.73 bits per heavy atom. The Bertz CT molecular complexity index is 1840. The summed E-state index contributed by atoms with van der Waals surface area (Å²) >= 11 is 1.92. The molecule has 2 heterocycles. The van der Waals surface area contributed by atoms with E-state index in [4.69, 9.17) is 4.74 Å². The SMILES string of the molecule is CC(C)(C)OC(=O)CN1CCN(CC(=O)O)CCN(CC(=O)O)CCN(CC(=O)NCCN(CC(=O)NCC(=O)NCCN2C(=O)C=CC2=O)C(=O)Cc2ccc(O)c(I)c2)CC1. The van der Waals surface area contributed by atoms with E-state index in [-0.39, 0.29) is 117 Å². The number of ether oxygens (including phenoxy) is 1. The molecule has 2 aliphatic rings. The first-order valence-electron chi connectivity index (χ1n) is 20.3. The molecule has 1 fully saturated rings. The number of halogens is 1. The highest BCUT2D eigenvalue weighted by Crippen LogP contribution is 2.21. The molecule has 0 atom stereocenters. The number of carboxylic acid groups (broad SMARTS) is 2. The van der Waals surface area contributed by atoms with Crippen molar-refractivity contribution in [3.05, 3.63) is 39.5 Å². The number of carbonyl (C=O) groups excluding carboxylic acids is 7. The predicted molar refractivity (Wildman–Crippen MR) is 233 cm³/mol. The summed E-state index contributed by atoms with van der Waals surface area (Å²) < 4.78 is 6.03. The fourth-order valence-electron chi connectivity index (χ4n) is 6.41. The van der Waals surface area contributed by atoms with E-state index in [0.717, 1.165) is 17.1 Å². The van der Waals surface area contributed by atoms with Crippen molar-refractivity contribution in [1.29, 1.82) is 0 Å². The number of benzene rings is 1. The number of hydrogen-bond acceptors (Lipinski definition) is 15. The van der Waals surface area contributed by atoms with Crippen molar-refractivity contribution in [2.75, 3.05) is 118 Å². The van der Waals surface area contributed by atoms with Crippen molar-refractivity contribution in [3.63, 3.8) is 0 Å². The average Bonchev–Trinajstić information content (AvgIpc) is 3.50. The van der Waals surface area contributed by atoms with Crippen LogP contribution in [-0.2, 0) is 54.3 Å². The minimum Gasteiger partial charge on any atom is -0.507 e. The van der Waals surface area contributed by atoms with E-state index in [9.17, 15) is 58.5 Å². The topological polar surface area (TPSA) is 279 Å². The fraction of sp³-hybridized carbons (Fsp3) is 0.575. The number of nitrogens with one attached hydrogen (secondary N) is 3. The van der Waals surface area contributed by atoms with Gasteiger partial charge in [0.15, 0.2) is 0 Å². The summed E-state index contributed by atoms with van der Waals surface area (Å²) in [6.45, 7) is 5.29. The zero-order valence-corrected chi connectivity index (χ0v) is 38.0. The maximum absolute atomic E-state index is 13.5. The van der Waals surface area contributed by atoms with E-state index < -0.39 is 72.0 Å². The molecule has 0 saturated carbocycles. The van der Waals surface area contributed by atoms with Gasteiger partial charge in [-0.2, -0.15) is 0 Å². The van der Waals surface area contributed by atoms with Crippen molar-refractivity contribution in [3.8, 4) is 5.75 Å². The van der Waals surface area contributed by atoms with Crippen molar-refractivity contribution >= 4 is 75.9 Å². The third-order valence-corrected chi connectivity index (χ3v) is 10.4. The van der Waals surface area contributed by atoms with Gasteiger partial charge < -0.3 is 40.9 Å². The van der Waals surface area contributed by atoms with Crippen LogP contribution in [0.5, 0.6) is 5.75 Å². The summed E-state index contributed by atoms with van der Waals surface area (Å²) in [5.74, 6) is -5.75. The van der Waals surface area contributed by atoms with E-state index in [1.165, 1.54) is 11.0 Å². The first-order chi connectivity index (χ1) is 29.7. The summed E-state index contributed by atoms with van der Waals surface area (Å²) in [5, 5.41) is 36.7. The van der Waals surface area contributed by atoms with E-state index in [0.29, 0.717) is 9.13 Å². The van der Waals surface area contributed by atoms with Crippen LogP contribution in [0.4, 0.5) is 0 Å². The first kappa shape index (κ1) is 52.1. The van der Waals surface area contributed by atoms with Gasteiger partial charge in [0.05, 0.1) is 49.3 Å². The second kappa shape index (κ2) is 25.8. The van der Waals surface area contributed by atoms with Crippen LogP contribution in [0, 0.1) is 3.57 Å². The fourth-order valence-corrected chi connectivity index (χ4v) is 6.99. The van der Waals surface area contributed by atoms with Crippen LogP contribution in [0.3, 0.4) is 0 Å². The van der Waals surface area contributed by atoms with Gasteiger partial charge in [-0.1, -0.05) is 6.07 Å². The smallest absolute Gasteiger partial charge is 0.320 e. The average molecular weight is 1000 g/mol. The lowest BCUT2D eigenvalue weighted by atomic mass is 10.1. The summed E-state index contributed by atoms with van der Waals surface area (Å²) in [6.07, 6.45) is 2.10. The van der Waals surface area contributed by atoms with Crippen molar-refractivity contribution in [1.82, 2.24) is 45.3 Å². The van der Waals surface area contributed by atoms with Gasteiger partial charge in [0.25, 0.3) is 11.8 Å². The van der Waals surface area contributed by atoms with Crippen LogP contribution in [0.25, 0.3) is 0 Å². The van der Waals surface area contributed by atoms with E-state index in [1.54, 1.807) is 47.6 Å². The van der Waals surface area contributed by atoms with E-state index >= 15 is 0 Å². The predicted octanol–water partition coefficient (Wildman–Crippen LogP) is -2.63. The summed E-state index contributed by atoms with van der Waals surface area (Å²) in [5.41, 5.74) is -0.176. The third-order valence-electron chi connectivity index (χ3n) is 9.55. The van der Waals surface area contributed by atoms with Crippen LogP contribution in [0.15, 0.2) is 30.4 Å². The second-order valence-electron chi connectivity index (χ2n) is 15.9. The van der Waals surface area contributed by atoms with Crippen molar-refractivity contribution in [2.45, 2.75) is 32.8 Å². The number of amides is 6. The van der Waals surface area contributed by atoms with Crippen LogP contribution in [0.1, 0.15) is 26.3 Å². The van der Waals surface area contributed by atoms with Crippen LogP contribution >= 0.6 is 22.6 Å². The van der Waals surface area contributed by atoms with Crippen molar-refractivity contribution in [2.24, 2.45) is 0 Å². The van der Waals surface area contributed by atoms with Crippen LogP contribution in [-0.4, -0.2) is 221 Å². The maximum atomic E-state index is 13.5. The molecule has 6 N–H and O–H groups in total. The standard InChI is InChI=1S/C40H58IN9O13/c1-40(2,3)63-39(62)27-48-18-13-45(12-14-46(25-37(58)59)15-16-47(17-19-48)26-38(60)61)23-32(53)43-8-10-49(36(57)21-28-4-5-30(51)29(41)20-28)24-33(54)44-22-31(52)42-9-11-50-34(55)6-7-35(50)56/h4-7,20,51H,8-19,21-27H2,1-3H3,(H,42,52)(H,43,53)(H,44,54)(H,58,59)(H,60,61). The molecule has 0 aliphatic carbocycles. The third kappa shape index (κ3) is 20.7. The van der Waals surface area contributed by atoms with Crippen molar-refractivity contribution < 1.29 is 63.2 Å². The molecule has 0 aromatic heterocycles. The highest BCUT2D eigenvalue weighted by Gasteiger charge is 2.25. The summed E-state index contributed by atoms with van der Waals surface area (Å²) in [6, 6.07) is 4.62. The molecule has 6 amide bonds. The van der Waals surface area contributed by atoms with Gasteiger partial charge in [-0.15, -0.1) is 0 Å². The molecular weight excluding hydrogens is 941 g/mol. The van der Waals surface area contributed by atoms with Gasteiger partial charge in [-0.05, 0) is 61.1 Å². The molecule has 63 heavy (non-hydrogen) atoms. The number of rotatable bonds is 20. The molecule has 1 saturated heterocycles. The monoisotopic (exact) mass is 999 g/mol. The molecule has 0 unspecified atom stereocenters. The van der Waals surface area contributed by atoms with Gasteiger partial charge in [0, 0.05) is 90.7 Å². The van der Waals surface area contributed by atoms with Crippen LogP contribution in [0.2, 0.25) is 0 Å². The highest BCUT2D eigenvalue weighted by molar-refractivity contribution is 14.1. The Hall–Kier alpha value is -5.24. The number of imide groups is 1. The molecule has 2 aliphatic heterocycles. The molecule has 22 nitrogen and oxygen atoms in total. The second-order valence-corrected chi connectivity index (χ2v) is 17.1. The number of phenols is 1. The Balaban J connectivity index is 1.66. The molecule has 0 spiro atoms. The number of aromatic hydroxyl groups is 1. The van der Waals surface area contributed by atoms with Gasteiger partial charge >= 0.3 is 17.9 Å². The normalized spacial score (nSPS) is 16.2. The summed E-state index contributed by atoms with van der Waals surface area (Å²) in [7, 11) is 0. The van der Waals surface area contributed by atoms with Gasteiger partial charge in [-0.25, -0.2) is 0 Å². The quantitative estimate of drug-likeness (QED) is 0.0443. The minimum atomic E-state index is -1.07. The minimum absolute atomic E-state index is 0.0318. The van der Waals surface area contributed by atoms with E-state index in [2.05, 4.69) is 16.0 Å². The molecule has 1 aromatic rings. The first-order valence-corrected chi connectivity index (χ1v) is 21.4. The number of carboxylic acids is 2. The van der Waals surface area contributed by atoms with Gasteiger partial charge in [0.1, 0.15) is 11.4 Å². The highest BCUT2D eigenvalue weighted by atomic mass is 127. The Morgan fingerprint density at radius 2 is 1.22 bits per heavy atom. The van der Waals surface area contributed by atoms with Gasteiger partial charge in [0.2, 0.25) is 23.6 Å². The zero-order chi connectivity index (χ0) is 46.7. The van der Waals surface area contributed by atoms with Gasteiger partial charge in [-0.3, -0.25) is 67.7 Å². The lowest BCUT2D eigenvalue weighted by Crippen LogP contribution is -2.50. The Morgan fingerprint density at radius 1 is 0.714 bits per heavy atom. The summed E-state index contributed by atoms with van der Waals surface area (Å²) in [4.78, 5) is 121. The molecule has 23 heteroatoms. The number of esters is 1. The largest absolute Gasteiger partial charge is 0.507 e. The number of carbonyl (C=O) groups is 9. The number of phenolic OH excluding ortho intramolecular Hbond substituents is 1. The van der Waals surface area contributed by atoms with E-state index in [1.807, 2.05) is 27.5 Å². The molecular formula is C40H58IN9O13. The Kier molecular flexibility index (Phi) is 21.3. The molecule has 3 rings (SSSR count). The number of nitrogens with zero attached hydrogens (tertiary/aromatic N) is 6. The lowest BCUT2D eigenvalue weighted by molar-refractivity contribution is -0.156. The zero-order valence-electron chi connectivity index (χ0n) is 35.8. The van der Waals surface area contributed by atoms with Crippen LogP contribution < -0.4 is 16.0 Å². The lowest BCUT2D eigenvalue weighted by Gasteiger charge is -2.33. The molecule has 1 aromatic carbocycles.